The largest absolute Gasteiger partial charge is 0.482 e. The van der Waals surface area contributed by atoms with Crippen molar-refractivity contribution in [2.75, 3.05) is 0 Å². The number of nitrogens with zero attached hydrogens (tertiary/aromatic N) is 2. The van der Waals surface area contributed by atoms with Crippen LogP contribution in [0.4, 0.5) is 24.5 Å². The fourth-order valence-corrected chi connectivity index (χ4v) is 1.93. The summed E-state index contributed by atoms with van der Waals surface area (Å²) >= 11 is 0. The van der Waals surface area contributed by atoms with E-state index in [2.05, 4.69) is 0 Å². The second-order valence-corrected chi connectivity index (χ2v) is 4.63. The first-order valence-corrected chi connectivity index (χ1v) is 6.41. The van der Waals surface area contributed by atoms with Gasteiger partial charge in [0, 0.05) is 6.07 Å². The van der Waals surface area contributed by atoms with Gasteiger partial charge in [-0.2, -0.15) is 13.2 Å². The molecule has 0 saturated carbocycles. The summed E-state index contributed by atoms with van der Waals surface area (Å²) in [7, 11) is 0. The monoisotopic (exact) mass is 342 g/mol. The van der Waals surface area contributed by atoms with Crippen LogP contribution in [0.3, 0.4) is 0 Å². The van der Waals surface area contributed by atoms with Gasteiger partial charge in [0.05, 0.1) is 15.9 Å². The van der Waals surface area contributed by atoms with Crippen molar-refractivity contribution >= 4 is 11.4 Å². The molecule has 0 fully saturated rings. The van der Waals surface area contributed by atoms with Crippen molar-refractivity contribution in [3.8, 4) is 5.75 Å². The van der Waals surface area contributed by atoms with Crippen LogP contribution in [0.25, 0.3) is 0 Å². The van der Waals surface area contributed by atoms with E-state index >= 15 is 0 Å². The van der Waals surface area contributed by atoms with E-state index in [4.69, 9.17) is 4.74 Å². The summed E-state index contributed by atoms with van der Waals surface area (Å²) in [6.07, 6.45) is -5.05. The molecule has 2 aromatic carbocycles. The molecule has 0 aromatic heterocycles. The summed E-state index contributed by atoms with van der Waals surface area (Å²) < 4.78 is 44.4. The average molecular weight is 342 g/mol. The highest BCUT2D eigenvalue weighted by Crippen LogP contribution is 2.44. The minimum atomic E-state index is -5.05. The lowest BCUT2D eigenvalue weighted by atomic mass is 10.1. The Bertz CT molecular complexity index is 778. The number of benzene rings is 2. The normalized spacial score (nSPS) is 11.1. The molecule has 2 aromatic rings. The molecule has 0 radical (unpaired) electrons. The molecule has 24 heavy (non-hydrogen) atoms. The average Bonchev–Trinajstić information content (AvgIpc) is 2.52. The molecule has 10 heteroatoms. The van der Waals surface area contributed by atoms with E-state index in [9.17, 15) is 33.4 Å². The van der Waals surface area contributed by atoms with Crippen LogP contribution in [0, 0.1) is 20.2 Å². The molecule has 0 N–H and O–H groups in total. The van der Waals surface area contributed by atoms with Crippen molar-refractivity contribution in [1.29, 1.82) is 0 Å². The van der Waals surface area contributed by atoms with E-state index in [1.807, 2.05) is 0 Å². The van der Waals surface area contributed by atoms with Crippen molar-refractivity contribution in [3.05, 3.63) is 73.8 Å². The number of nitro benzene ring substituents is 2. The van der Waals surface area contributed by atoms with Crippen molar-refractivity contribution in [3.63, 3.8) is 0 Å². The topological polar surface area (TPSA) is 95.5 Å². The van der Waals surface area contributed by atoms with Crippen molar-refractivity contribution in [1.82, 2.24) is 0 Å². The minimum Gasteiger partial charge on any atom is -0.482 e. The Kier molecular flexibility index (Phi) is 4.67. The van der Waals surface area contributed by atoms with E-state index < -0.39 is 38.7 Å². The van der Waals surface area contributed by atoms with Gasteiger partial charge in [-0.25, -0.2) is 0 Å². The van der Waals surface area contributed by atoms with E-state index in [0.29, 0.717) is 11.6 Å². The van der Waals surface area contributed by atoms with E-state index in [1.165, 1.54) is 0 Å². The van der Waals surface area contributed by atoms with Crippen LogP contribution in [0.1, 0.15) is 11.1 Å². The molecule has 0 bridgehead atoms. The molecule has 0 heterocycles. The molecule has 0 spiro atoms. The summed E-state index contributed by atoms with van der Waals surface area (Å²) in [5.41, 5.74) is -3.24. The van der Waals surface area contributed by atoms with Crippen LogP contribution in [-0.4, -0.2) is 9.85 Å². The zero-order chi connectivity index (χ0) is 17.9. The number of alkyl halides is 3. The molecule has 126 valence electrons. The molecular weight excluding hydrogens is 333 g/mol. The highest BCUT2D eigenvalue weighted by Gasteiger charge is 2.40. The zero-order valence-electron chi connectivity index (χ0n) is 11.8. The Labute approximate surface area is 132 Å². The van der Waals surface area contributed by atoms with Gasteiger partial charge in [0.15, 0.2) is 0 Å². The Balaban J connectivity index is 2.54. The number of rotatable bonds is 5. The number of non-ortho nitro benzene ring substituents is 1. The predicted octanol–water partition coefficient (Wildman–Crippen LogP) is 4.10. The summed E-state index contributed by atoms with van der Waals surface area (Å²) in [4.78, 5) is 19.5. The smallest absolute Gasteiger partial charge is 0.420 e. The van der Waals surface area contributed by atoms with Crippen molar-refractivity contribution in [2.45, 2.75) is 12.8 Å². The van der Waals surface area contributed by atoms with Crippen molar-refractivity contribution < 1.29 is 27.8 Å². The van der Waals surface area contributed by atoms with E-state index in [0.717, 1.165) is 0 Å². The molecular formula is C14H9F3N2O5. The summed E-state index contributed by atoms with van der Waals surface area (Å²) in [5, 5.41) is 21.7. The van der Waals surface area contributed by atoms with E-state index in [-0.39, 0.29) is 12.7 Å². The second-order valence-electron chi connectivity index (χ2n) is 4.63. The number of halogens is 3. The van der Waals surface area contributed by atoms with Crippen LogP contribution in [0.15, 0.2) is 42.5 Å². The molecule has 0 amide bonds. The van der Waals surface area contributed by atoms with Gasteiger partial charge < -0.3 is 4.74 Å². The molecule has 0 saturated heterocycles. The van der Waals surface area contributed by atoms with Crippen LogP contribution in [0.2, 0.25) is 0 Å². The van der Waals surface area contributed by atoms with Gasteiger partial charge in [-0.15, -0.1) is 0 Å². The summed E-state index contributed by atoms with van der Waals surface area (Å²) in [6.45, 7) is -0.359. The van der Waals surface area contributed by atoms with Crippen LogP contribution in [-0.2, 0) is 12.8 Å². The first kappa shape index (κ1) is 17.2. The lowest BCUT2D eigenvalue weighted by Crippen LogP contribution is -2.11. The van der Waals surface area contributed by atoms with Crippen LogP contribution < -0.4 is 4.74 Å². The van der Waals surface area contributed by atoms with Crippen molar-refractivity contribution in [2.24, 2.45) is 0 Å². The van der Waals surface area contributed by atoms with Gasteiger partial charge in [-0.3, -0.25) is 20.2 Å². The summed E-state index contributed by atoms with van der Waals surface area (Å²) in [5.74, 6) is -1.05. The molecule has 0 aliphatic carbocycles. The van der Waals surface area contributed by atoms with Gasteiger partial charge in [-0.1, -0.05) is 30.3 Å². The predicted molar refractivity (Wildman–Crippen MR) is 75.5 cm³/mol. The van der Waals surface area contributed by atoms with Gasteiger partial charge >= 0.3 is 11.9 Å². The Morgan fingerprint density at radius 1 is 1.00 bits per heavy atom. The van der Waals surface area contributed by atoms with Gasteiger partial charge in [0.1, 0.15) is 12.2 Å². The quantitative estimate of drug-likeness (QED) is 0.602. The number of nitro groups is 2. The number of hydrogen-bond donors (Lipinski definition) is 0. The van der Waals surface area contributed by atoms with E-state index in [1.54, 1.807) is 30.3 Å². The molecule has 7 nitrogen and oxygen atoms in total. The fourth-order valence-electron chi connectivity index (χ4n) is 1.93. The first-order chi connectivity index (χ1) is 11.2. The maximum atomic E-state index is 13.1. The maximum absolute atomic E-state index is 13.1. The standard InChI is InChI=1S/C14H9F3N2O5/c15-14(16,17)11-6-10(18(20)21)7-12(19(22)23)13(11)24-8-9-4-2-1-3-5-9/h1-7H,8H2. The SMILES string of the molecule is O=[N+]([O-])c1cc([N+](=O)[O-])c(OCc2ccccc2)c(C(F)(F)F)c1. The van der Waals surface area contributed by atoms with Gasteiger partial charge in [-0.05, 0) is 5.56 Å². The third kappa shape index (κ3) is 3.77. The lowest BCUT2D eigenvalue weighted by Gasteiger charge is -2.14. The van der Waals surface area contributed by atoms with Gasteiger partial charge in [0.25, 0.3) is 5.69 Å². The summed E-state index contributed by atoms with van der Waals surface area (Å²) in [6, 6.07) is 8.69. The maximum Gasteiger partial charge on any atom is 0.420 e. The second kappa shape index (κ2) is 6.52. The zero-order valence-corrected chi connectivity index (χ0v) is 11.8. The highest BCUT2D eigenvalue weighted by molar-refractivity contribution is 5.59. The van der Waals surface area contributed by atoms with Gasteiger partial charge in [0.2, 0.25) is 5.75 Å². The number of hydrogen-bond acceptors (Lipinski definition) is 5. The molecule has 0 aliphatic heterocycles. The molecule has 0 aliphatic rings. The fraction of sp³-hybridized carbons (Fsp3) is 0.143. The molecule has 2 rings (SSSR count). The number of ether oxygens (including phenoxy) is 1. The molecule has 0 unspecified atom stereocenters. The third-order valence-corrected chi connectivity index (χ3v) is 2.99. The first-order valence-electron chi connectivity index (χ1n) is 6.41. The van der Waals surface area contributed by atoms with Crippen LogP contribution in [0.5, 0.6) is 5.75 Å². The highest BCUT2D eigenvalue weighted by atomic mass is 19.4. The lowest BCUT2D eigenvalue weighted by molar-refractivity contribution is -0.395. The van der Waals surface area contributed by atoms with Crippen LogP contribution >= 0.6 is 0 Å². The minimum absolute atomic E-state index is 0.216. The third-order valence-electron chi connectivity index (χ3n) is 2.99. The molecule has 0 atom stereocenters. The Morgan fingerprint density at radius 2 is 1.62 bits per heavy atom. The Morgan fingerprint density at radius 3 is 2.12 bits per heavy atom. The Hall–Kier alpha value is -3.17.